The standard InChI is InChI=1S/C21H32O3/c1-14(22)24-21-11-5-4-10-20(21,3)17-9-12-19(2)16(6-7-18(19)23)15(17)8-13-21/h15-17H,4-13H2,1-3H3/t15-,16-,17-,19-,20+,21-/m0/s1. The van der Waals surface area contributed by atoms with Gasteiger partial charge in [0, 0.05) is 24.2 Å². The number of esters is 1. The molecule has 4 rings (SSSR count). The molecule has 4 aliphatic rings. The van der Waals surface area contributed by atoms with Crippen molar-refractivity contribution >= 4 is 11.8 Å². The minimum absolute atomic E-state index is 0.0619. The lowest BCUT2D eigenvalue weighted by Gasteiger charge is -2.63. The van der Waals surface area contributed by atoms with Crippen molar-refractivity contribution in [2.45, 2.75) is 90.6 Å². The second kappa shape index (κ2) is 5.32. The Morgan fingerprint density at radius 2 is 1.75 bits per heavy atom. The van der Waals surface area contributed by atoms with Crippen LogP contribution in [0.25, 0.3) is 0 Å². The third kappa shape index (κ3) is 2.02. The predicted octanol–water partition coefficient (Wildman–Crippen LogP) is 4.67. The van der Waals surface area contributed by atoms with Gasteiger partial charge < -0.3 is 4.74 Å². The minimum Gasteiger partial charge on any atom is -0.459 e. The molecule has 0 spiro atoms. The Labute approximate surface area is 145 Å². The summed E-state index contributed by atoms with van der Waals surface area (Å²) in [5.41, 5.74) is -0.199. The fourth-order valence-corrected chi connectivity index (χ4v) is 7.50. The van der Waals surface area contributed by atoms with Crippen molar-refractivity contribution in [2.24, 2.45) is 28.6 Å². The summed E-state index contributed by atoms with van der Waals surface area (Å²) in [6, 6.07) is 0. The van der Waals surface area contributed by atoms with Crippen LogP contribution in [0.3, 0.4) is 0 Å². The Morgan fingerprint density at radius 3 is 2.50 bits per heavy atom. The molecular formula is C21H32O3. The third-order valence-electron chi connectivity index (χ3n) is 8.75. The van der Waals surface area contributed by atoms with Crippen molar-refractivity contribution in [3.63, 3.8) is 0 Å². The Morgan fingerprint density at radius 1 is 1.00 bits per heavy atom. The van der Waals surface area contributed by atoms with Crippen LogP contribution < -0.4 is 0 Å². The van der Waals surface area contributed by atoms with Crippen molar-refractivity contribution in [2.75, 3.05) is 0 Å². The first-order valence-electron chi connectivity index (χ1n) is 10.1. The lowest BCUT2D eigenvalue weighted by Crippen LogP contribution is -2.62. The second-order valence-electron chi connectivity index (χ2n) is 9.55. The zero-order valence-electron chi connectivity index (χ0n) is 15.5. The summed E-state index contributed by atoms with van der Waals surface area (Å²) in [5.74, 6) is 2.24. The number of Topliss-reactive ketones (excluding diaryl/α,β-unsaturated/α-hetero) is 1. The summed E-state index contributed by atoms with van der Waals surface area (Å²) in [5, 5.41) is 0. The Hall–Kier alpha value is -0.860. The van der Waals surface area contributed by atoms with Gasteiger partial charge in [0.2, 0.25) is 0 Å². The topological polar surface area (TPSA) is 43.4 Å². The Balaban J connectivity index is 1.70. The third-order valence-corrected chi connectivity index (χ3v) is 8.75. The van der Waals surface area contributed by atoms with Crippen LogP contribution in [0.15, 0.2) is 0 Å². The monoisotopic (exact) mass is 332 g/mol. The Kier molecular flexibility index (Phi) is 3.68. The Bertz CT molecular complexity index is 569. The zero-order valence-corrected chi connectivity index (χ0v) is 15.5. The average molecular weight is 332 g/mol. The highest BCUT2D eigenvalue weighted by Gasteiger charge is 2.65. The highest BCUT2D eigenvalue weighted by Crippen LogP contribution is 2.67. The number of rotatable bonds is 1. The largest absolute Gasteiger partial charge is 0.459 e. The van der Waals surface area contributed by atoms with E-state index in [1.807, 2.05) is 0 Å². The highest BCUT2D eigenvalue weighted by molar-refractivity contribution is 5.87. The summed E-state index contributed by atoms with van der Waals surface area (Å²) in [7, 11) is 0. The average Bonchev–Trinajstić information content (AvgIpc) is 2.83. The SMILES string of the molecule is CC(=O)O[C@]12CCCC[C@]1(C)[C@H]1CC[C@]3(C)C(=O)CC[C@H]3[C@@H]1CC2. The van der Waals surface area contributed by atoms with E-state index < -0.39 is 0 Å². The maximum Gasteiger partial charge on any atom is 0.303 e. The van der Waals surface area contributed by atoms with Crippen molar-refractivity contribution < 1.29 is 14.3 Å². The van der Waals surface area contributed by atoms with E-state index in [-0.39, 0.29) is 22.4 Å². The molecule has 0 N–H and O–H groups in total. The van der Waals surface area contributed by atoms with E-state index in [0.29, 0.717) is 23.5 Å². The second-order valence-corrected chi connectivity index (χ2v) is 9.55. The van der Waals surface area contributed by atoms with E-state index in [2.05, 4.69) is 13.8 Å². The quantitative estimate of drug-likeness (QED) is 0.655. The van der Waals surface area contributed by atoms with Gasteiger partial charge >= 0.3 is 5.97 Å². The molecule has 3 heteroatoms. The molecule has 6 atom stereocenters. The molecule has 0 radical (unpaired) electrons. The maximum atomic E-state index is 12.5. The summed E-state index contributed by atoms with van der Waals surface area (Å²) in [6.45, 7) is 6.22. The molecule has 0 aliphatic heterocycles. The number of fused-ring (bicyclic) bond motifs is 5. The van der Waals surface area contributed by atoms with Gasteiger partial charge in [0.1, 0.15) is 11.4 Å². The molecule has 0 bridgehead atoms. The molecule has 0 aromatic rings. The number of ether oxygens (including phenoxy) is 1. The van der Waals surface area contributed by atoms with Gasteiger partial charge in [0.05, 0.1) is 0 Å². The van der Waals surface area contributed by atoms with Gasteiger partial charge in [-0.2, -0.15) is 0 Å². The number of hydrogen-bond donors (Lipinski definition) is 0. The van der Waals surface area contributed by atoms with Gasteiger partial charge in [0.15, 0.2) is 0 Å². The van der Waals surface area contributed by atoms with E-state index in [9.17, 15) is 9.59 Å². The van der Waals surface area contributed by atoms with Gasteiger partial charge in [-0.3, -0.25) is 9.59 Å². The summed E-state index contributed by atoms with van der Waals surface area (Å²) in [4.78, 5) is 24.4. The number of carbonyl (C=O) groups excluding carboxylic acids is 2. The first-order valence-corrected chi connectivity index (χ1v) is 10.1. The lowest BCUT2D eigenvalue weighted by molar-refractivity contribution is -0.224. The van der Waals surface area contributed by atoms with Gasteiger partial charge in [-0.25, -0.2) is 0 Å². The summed E-state index contributed by atoms with van der Waals surface area (Å²) >= 11 is 0. The first-order chi connectivity index (χ1) is 11.3. The van der Waals surface area contributed by atoms with E-state index >= 15 is 0 Å². The van der Waals surface area contributed by atoms with E-state index in [1.165, 1.54) is 19.3 Å². The van der Waals surface area contributed by atoms with Crippen LogP contribution >= 0.6 is 0 Å². The van der Waals surface area contributed by atoms with Crippen molar-refractivity contribution in [3.05, 3.63) is 0 Å². The molecule has 4 aliphatic carbocycles. The van der Waals surface area contributed by atoms with Crippen molar-refractivity contribution in [1.82, 2.24) is 0 Å². The van der Waals surface area contributed by atoms with E-state index in [4.69, 9.17) is 4.74 Å². The van der Waals surface area contributed by atoms with Crippen LogP contribution in [0.4, 0.5) is 0 Å². The fourth-order valence-electron chi connectivity index (χ4n) is 7.50. The van der Waals surface area contributed by atoms with Crippen LogP contribution in [0.5, 0.6) is 0 Å². The van der Waals surface area contributed by atoms with Crippen molar-refractivity contribution in [1.29, 1.82) is 0 Å². The molecule has 0 aromatic heterocycles. The molecule has 0 unspecified atom stereocenters. The fraction of sp³-hybridized carbons (Fsp3) is 0.905. The van der Waals surface area contributed by atoms with Crippen molar-refractivity contribution in [3.8, 4) is 0 Å². The minimum atomic E-state index is -0.241. The van der Waals surface area contributed by atoms with Crippen LogP contribution in [0.1, 0.15) is 85.0 Å². The molecule has 0 aromatic carbocycles. The number of hydrogen-bond acceptors (Lipinski definition) is 3. The molecule has 0 saturated heterocycles. The van der Waals surface area contributed by atoms with Crippen LogP contribution in [-0.2, 0) is 14.3 Å². The first kappa shape index (κ1) is 16.6. The summed E-state index contributed by atoms with van der Waals surface area (Å²) < 4.78 is 6.09. The zero-order chi connectivity index (χ0) is 17.2. The highest BCUT2D eigenvalue weighted by atomic mass is 16.6. The molecule has 4 saturated carbocycles. The molecule has 0 heterocycles. The van der Waals surface area contributed by atoms with Crippen LogP contribution in [0.2, 0.25) is 0 Å². The molecule has 24 heavy (non-hydrogen) atoms. The van der Waals surface area contributed by atoms with Gasteiger partial charge in [-0.1, -0.05) is 20.3 Å². The van der Waals surface area contributed by atoms with E-state index in [0.717, 1.165) is 44.9 Å². The van der Waals surface area contributed by atoms with Crippen LogP contribution in [-0.4, -0.2) is 17.4 Å². The van der Waals surface area contributed by atoms with Gasteiger partial charge in [0.25, 0.3) is 0 Å². The molecule has 0 amide bonds. The normalized spacial score (nSPS) is 50.6. The smallest absolute Gasteiger partial charge is 0.303 e. The lowest BCUT2D eigenvalue weighted by atomic mass is 9.44. The molecule has 134 valence electrons. The van der Waals surface area contributed by atoms with Gasteiger partial charge in [-0.15, -0.1) is 0 Å². The number of carbonyl (C=O) groups is 2. The van der Waals surface area contributed by atoms with E-state index in [1.54, 1.807) is 6.92 Å². The molecule has 4 fully saturated rings. The molecular weight excluding hydrogens is 300 g/mol. The van der Waals surface area contributed by atoms with Crippen LogP contribution in [0, 0.1) is 28.6 Å². The predicted molar refractivity (Wildman–Crippen MR) is 92.4 cm³/mol. The van der Waals surface area contributed by atoms with Gasteiger partial charge in [-0.05, 0) is 69.1 Å². The summed E-state index contributed by atoms with van der Waals surface area (Å²) in [6.07, 6.45) is 10.9. The number of ketones is 1. The maximum absolute atomic E-state index is 12.5. The molecule has 3 nitrogen and oxygen atoms in total.